The van der Waals surface area contributed by atoms with Crippen LogP contribution < -0.4 is 16.0 Å². The number of nitrogen functional groups attached to an aromatic ring is 1. The molecule has 0 aliphatic carbocycles. The van der Waals surface area contributed by atoms with Crippen molar-refractivity contribution >= 4 is 28.6 Å². The highest BCUT2D eigenvalue weighted by Crippen LogP contribution is 2.24. The number of carbonyl (C=O) groups is 1. The number of carbonyl (C=O) groups excluding carboxylic acids is 1. The van der Waals surface area contributed by atoms with Crippen molar-refractivity contribution in [3.05, 3.63) is 40.3 Å². The van der Waals surface area contributed by atoms with E-state index in [1.807, 2.05) is 23.4 Å². The highest BCUT2D eigenvalue weighted by atomic mass is 32.1. The van der Waals surface area contributed by atoms with Crippen molar-refractivity contribution in [3.63, 3.8) is 0 Å². The van der Waals surface area contributed by atoms with E-state index < -0.39 is 0 Å². The second kappa shape index (κ2) is 5.71. The van der Waals surface area contributed by atoms with Gasteiger partial charge in [-0.25, -0.2) is 4.98 Å². The van der Waals surface area contributed by atoms with Crippen molar-refractivity contribution in [2.24, 2.45) is 0 Å². The van der Waals surface area contributed by atoms with Crippen molar-refractivity contribution in [1.29, 1.82) is 0 Å². The van der Waals surface area contributed by atoms with Crippen LogP contribution in [0, 0.1) is 0 Å². The molecule has 0 radical (unpaired) electrons. The smallest absolute Gasteiger partial charge is 0.251 e. The van der Waals surface area contributed by atoms with Crippen LogP contribution in [0.3, 0.4) is 0 Å². The number of nitrogens with one attached hydrogen (secondary N) is 1. The van der Waals surface area contributed by atoms with Gasteiger partial charge in [0.25, 0.3) is 5.91 Å². The molecule has 19 heavy (non-hydrogen) atoms. The van der Waals surface area contributed by atoms with Gasteiger partial charge in [0.15, 0.2) is 0 Å². The quantitative estimate of drug-likeness (QED) is 0.834. The van der Waals surface area contributed by atoms with Gasteiger partial charge in [0, 0.05) is 25.0 Å². The summed E-state index contributed by atoms with van der Waals surface area (Å²) in [4.78, 5) is 17.8. The normalized spacial score (nSPS) is 10.2. The molecule has 5 nitrogen and oxygen atoms in total. The van der Waals surface area contributed by atoms with Gasteiger partial charge in [-0.3, -0.25) is 4.79 Å². The van der Waals surface area contributed by atoms with Crippen LogP contribution in [0.4, 0.5) is 11.4 Å². The number of anilines is 2. The minimum absolute atomic E-state index is 0.139. The molecule has 0 aliphatic rings. The van der Waals surface area contributed by atoms with E-state index in [9.17, 15) is 4.79 Å². The average molecular weight is 276 g/mol. The summed E-state index contributed by atoms with van der Waals surface area (Å²) in [6.45, 7) is 0.688. The average Bonchev–Trinajstić information content (AvgIpc) is 2.90. The molecule has 0 saturated carbocycles. The lowest BCUT2D eigenvalue weighted by atomic mass is 10.1. The van der Waals surface area contributed by atoms with Crippen molar-refractivity contribution in [2.45, 2.75) is 6.54 Å². The van der Waals surface area contributed by atoms with Crippen molar-refractivity contribution in [3.8, 4) is 0 Å². The molecule has 100 valence electrons. The van der Waals surface area contributed by atoms with Gasteiger partial charge >= 0.3 is 0 Å². The molecule has 0 unspecified atom stereocenters. The molecular weight excluding hydrogens is 260 g/mol. The van der Waals surface area contributed by atoms with Crippen LogP contribution in [0.25, 0.3) is 0 Å². The minimum Gasteiger partial charge on any atom is -0.397 e. The van der Waals surface area contributed by atoms with Gasteiger partial charge in [-0.15, -0.1) is 11.3 Å². The Morgan fingerprint density at radius 2 is 2.32 bits per heavy atom. The number of benzene rings is 1. The molecule has 1 heterocycles. The molecule has 1 amide bonds. The van der Waals surface area contributed by atoms with Gasteiger partial charge in [0.05, 0.1) is 29.1 Å². The van der Waals surface area contributed by atoms with E-state index in [1.54, 1.807) is 36.0 Å². The summed E-state index contributed by atoms with van der Waals surface area (Å²) in [7, 11) is 3.55. The second-order valence-electron chi connectivity index (χ2n) is 4.19. The molecule has 0 saturated heterocycles. The summed E-state index contributed by atoms with van der Waals surface area (Å²) in [6.07, 6.45) is 0. The van der Waals surface area contributed by atoms with E-state index in [-0.39, 0.29) is 5.91 Å². The number of aromatic nitrogens is 1. The molecule has 0 fully saturated rings. The Labute approximate surface area is 116 Å². The topological polar surface area (TPSA) is 71.2 Å². The molecule has 0 atom stereocenters. The fourth-order valence-electron chi connectivity index (χ4n) is 1.83. The third-order valence-electron chi connectivity index (χ3n) is 2.81. The molecule has 3 N–H and O–H groups in total. The largest absolute Gasteiger partial charge is 0.397 e. The predicted octanol–water partition coefficient (Wildman–Crippen LogP) is 1.72. The SMILES string of the molecule is CNC(=O)c1ccc(N(C)Cc2cscn2)c(N)c1. The van der Waals surface area contributed by atoms with E-state index in [0.29, 0.717) is 17.8 Å². The van der Waals surface area contributed by atoms with E-state index >= 15 is 0 Å². The number of rotatable bonds is 4. The molecule has 1 aromatic heterocycles. The minimum atomic E-state index is -0.139. The molecule has 0 spiro atoms. The molecule has 1 aromatic carbocycles. The van der Waals surface area contributed by atoms with E-state index in [4.69, 9.17) is 5.73 Å². The maximum absolute atomic E-state index is 11.5. The Kier molecular flexibility index (Phi) is 4.01. The Balaban J connectivity index is 2.18. The van der Waals surface area contributed by atoms with Crippen molar-refractivity contribution in [2.75, 3.05) is 24.7 Å². The number of nitrogens with zero attached hydrogens (tertiary/aromatic N) is 2. The first-order chi connectivity index (χ1) is 9.11. The fourth-order valence-corrected chi connectivity index (χ4v) is 2.38. The first-order valence-electron chi connectivity index (χ1n) is 5.81. The van der Waals surface area contributed by atoms with Crippen LogP contribution in [-0.4, -0.2) is 25.0 Å². The third-order valence-corrected chi connectivity index (χ3v) is 3.45. The van der Waals surface area contributed by atoms with E-state index in [1.165, 1.54) is 0 Å². The van der Waals surface area contributed by atoms with Gasteiger partial charge in [-0.2, -0.15) is 0 Å². The maximum Gasteiger partial charge on any atom is 0.251 e. The Morgan fingerprint density at radius 1 is 1.53 bits per heavy atom. The van der Waals surface area contributed by atoms with Crippen LogP contribution in [0.1, 0.15) is 16.1 Å². The lowest BCUT2D eigenvalue weighted by Crippen LogP contribution is -2.20. The van der Waals surface area contributed by atoms with Crippen molar-refractivity contribution < 1.29 is 4.79 Å². The molecular formula is C13H16N4OS. The Morgan fingerprint density at radius 3 is 2.89 bits per heavy atom. The summed E-state index contributed by atoms with van der Waals surface area (Å²) in [5, 5.41) is 4.58. The zero-order valence-electron chi connectivity index (χ0n) is 10.9. The maximum atomic E-state index is 11.5. The molecule has 6 heteroatoms. The fraction of sp³-hybridized carbons (Fsp3) is 0.231. The zero-order valence-corrected chi connectivity index (χ0v) is 11.7. The predicted molar refractivity (Wildman–Crippen MR) is 78.5 cm³/mol. The van der Waals surface area contributed by atoms with Gasteiger partial charge in [0.1, 0.15) is 0 Å². The van der Waals surface area contributed by atoms with Crippen molar-refractivity contribution in [1.82, 2.24) is 10.3 Å². The first-order valence-corrected chi connectivity index (χ1v) is 6.76. The monoisotopic (exact) mass is 276 g/mol. The summed E-state index contributed by atoms with van der Waals surface area (Å²) >= 11 is 1.57. The van der Waals surface area contributed by atoms with Crippen LogP contribution >= 0.6 is 11.3 Å². The van der Waals surface area contributed by atoms with Crippen LogP contribution in [0.5, 0.6) is 0 Å². The molecule has 2 rings (SSSR count). The summed E-state index contributed by atoms with van der Waals surface area (Å²) in [6, 6.07) is 5.31. The highest BCUT2D eigenvalue weighted by molar-refractivity contribution is 7.07. The highest BCUT2D eigenvalue weighted by Gasteiger charge is 2.10. The Hall–Kier alpha value is -2.08. The van der Waals surface area contributed by atoms with E-state index in [0.717, 1.165) is 11.4 Å². The van der Waals surface area contributed by atoms with Crippen LogP contribution in [0.15, 0.2) is 29.1 Å². The molecule has 2 aromatic rings. The summed E-state index contributed by atoms with van der Waals surface area (Å²) in [5.41, 5.74) is 10.8. The summed E-state index contributed by atoms with van der Waals surface area (Å²) in [5.74, 6) is -0.139. The van der Waals surface area contributed by atoms with E-state index in [2.05, 4.69) is 10.3 Å². The van der Waals surface area contributed by atoms with Gasteiger partial charge in [0.2, 0.25) is 0 Å². The number of nitrogens with two attached hydrogens (primary N) is 1. The zero-order chi connectivity index (χ0) is 13.8. The first kappa shape index (κ1) is 13.4. The number of hydrogen-bond donors (Lipinski definition) is 2. The lowest BCUT2D eigenvalue weighted by Gasteiger charge is -2.20. The number of amides is 1. The second-order valence-corrected chi connectivity index (χ2v) is 4.91. The Bertz CT molecular complexity index is 568. The summed E-state index contributed by atoms with van der Waals surface area (Å²) < 4.78 is 0. The van der Waals surface area contributed by atoms with Gasteiger partial charge in [-0.1, -0.05) is 0 Å². The lowest BCUT2D eigenvalue weighted by molar-refractivity contribution is 0.0963. The number of thiazole rings is 1. The van der Waals surface area contributed by atoms with Gasteiger partial charge < -0.3 is 16.0 Å². The van der Waals surface area contributed by atoms with Gasteiger partial charge in [-0.05, 0) is 18.2 Å². The standard InChI is InChI=1S/C13H16N4OS/c1-15-13(18)9-3-4-12(11(14)5-9)17(2)6-10-7-19-8-16-10/h3-5,7-8H,6,14H2,1-2H3,(H,15,18). The number of hydrogen-bond acceptors (Lipinski definition) is 5. The van der Waals surface area contributed by atoms with Crippen LogP contribution in [-0.2, 0) is 6.54 Å². The third kappa shape index (κ3) is 3.03. The molecule has 0 bridgehead atoms. The molecule has 0 aliphatic heterocycles. The van der Waals surface area contributed by atoms with Crippen LogP contribution in [0.2, 0.25) is 0 Å².